The van der Waals surface area contributed by atoms with Crippen molar-refractivity contribution in [2.75, 3.05) is 19.4 Å². The van der Waals surface area contributed by atoms with Crippen molar-refractivity contribution >= 4 is 15.8 Å². The zero-order valence-electron chi connectivity index (χ0n) is 12.8. The van der Waals surface area contributed by atoms with Crippen LogP contribution in [0.4, 0.5) is 0 Å². The first-order valence-electron chi connectivity index (χ1n) is 6.54. The van der Waals surface area contributed by atoms with Gasteiger partial charge in [0, 0.05) is 6.54 Å². The van der Waals surface area contributed by atoms with E-state index in [0.717, 1.165) is 0 Å². The third-order valence-corrected chi connectivity index (χ3v) is 5.49. The first-order chi connectivity index (χ1) is 8.51. The number of esters is 1. The first-order valence-corrected chi connectivity index (χ1v) is 8.20. The fourth-order valence-electron chi connectivity index (χ4n) is 1.55. The largest absolute Gasteiger partial charge is 0.468 e. The Balaban J connectivity index is 4.47. The Kier molecular flexibility index (Phi) is 7.00. The summed E-state index contributed by atoms with van der Waals surface area (Å²) in [5.74, 6) is -0.0000753. The second kappa shape index (κ2) is 7.24. The molecule has 1 unspecified atom stereocenters. The van der Waals surface area contributed by atoms with Gasteiger partial charge in [-0.25, -0.2) is 8.42 Å². The summed E-state index contributed by atoms with van der Waals surface area (Å²) >= 11 is 0. The van der Waals surface area contributed by atoms with Crippen LogP contribution in [-0.2, 0) is 19.4 Å². The first kappa shape index (κ1) is 18.4. The second-order valence-corrected chi connectivity index (χ2v) is 8.95. The smallest absolute Gasteiger partial charge is 0.322 e. The summed E-state index contributed by atoms with van der Waals surface area (Å²) in [5, 5.41) is 2.98. The highest BCUT2D eigenvalue weighted by Gasteiger charge is 2.29. The molecule has 0 bridgehead atoms. The van der Waals surface area contributed by atoms with E-state index >= 15 is 0 Å². The normalized spacial score (nSPS) is 14.5. The number of hydrogen-bond acceptors (Lipinski definition) is 5. The lowest BCUT2D eigenvalue weighted by atomic mass is 10.0. The van der Waals surface area contributed by atoms with E-state index in [0.29, 0.717) is 12.3 Å². The molecule has 0 saturated heterocycles. The molecule has 0 fully saturated rings. The molecule has 114 valence electrons. The van der Waals surface area contributed by atoms with Crippen LogP contribution >= 0.6 is 0 Å². The van der Waals surface area contributed by atoms with E-state index in [4.69, 9.17) is 4.74 Å². The van der Waals surface area contributed by atoms with Gasteiger partial charge in [-0.15, -0.1) is 0 Å². The lowest BCUT2D eigenvalue weighted by Gasteiger charge is -2.21. The summed E-state index contributed by atoms with van der Waals surface area (Å²) in [6.45, 7) is 9.29. The Labute approximate surface area is 117 Å². The van der Waals surface area contributed by atoms with Gasteiger partial charge in [0.2, 0.25) is 0 Å². The molecule has 5 nitrogen and oxygen atoms in total. The zero-order chi connectivity index (χ0) is 15.3. The second-order valence-electron chi connectivity index (χ2n) is 6.09. The Morgan fingerprint density at radius 2 is 1.79 bits per heavy atom. The van der Waals surface area contributed by atoms with Crippen molar-refractivity contribution in [3.63, 3.8) is 0 Å². The number of hydrogen-bond donors (Lipinski definition) is 1. The van der Waals surface area contributed by atoms with Crippen molar-refractivity contribution in [3.05, 3.63) is 0 Å². The number of carbonyl (C=O) groups excluding carboxylic acids is 1. The molecule has 6 heteroatoms. The number of sulfone groups is 1. The Hall–Kier alpha value is -0.620. The van der Waals surface area contributed by atoms with Gasteiger partial charge in [-0.05, 0) is 33.1 Å². The van der Waals surface area contributed by atoms with Crippen LogP contribution in [-0.4, -0.2) is 44.6 Å². The number of methoxy groups -OCH3 is 1. The van der Waals surface area contributed by atoms with Gasteiger partial charge in [-0.3, -0.25) is 4.79 Å². The summed E-state index contributed by atoms with van der Waals surface area (Å²) in [6, 6.07) is -0.444. The number of ether oxygens (including phenoxy) is 1. The van der Waals surface area contributed by atoms with E-state index in [2.05, 4.69) is 5.32 Å². The predicted molar refractivity (Wildman–Crippen MR) is 76.8 cm³/mol. The molecule has 0 aliphatic heterocycles. The molecule has 0 heterocycles. The van der Waals surface area contributed by atoms with Crippen LogP contribution in [0.15, 0.2) is 0 Å². The van der Waals surface area contributed by atoms with Crippen molar-refractivity contribution in [2.45, 2.75) is 51.8 Å². The van der Waals surface area contributed by atoms with Crippen molar-refractivity contribution in [1.29, 1.82) is 0 Å². The highest BCUT2D eigenvalue weighted by atomic mass is 32.2. The minimum absolute atomic E-state index is 0.0160. The van der Waals surface area contributed by atoms with E-state index in [9.17, 15) is 13.2 Å². The predicted octanol–water partition coefficient (Wildman–Crippen LogP) is 1.38. The topological polar surface area (TPSA) is 72.5 Å². The minimum atomic E-state index is -3.17. The van der Waals surface area contributed by atoms with Crippen molar-refractivity contribution < 1.29 is 17.9 Å². The lowest BCUT2D eigenvalue weighted by Crippen LogP contribution is -2.42. The number of nitrogens with one attached hydrogen (secondary N) is 1. The molecule has 0 radical (unpaired) electrons. The number of carbonyl (C=O) groups is 1. The molecule has 0 aromatic heterocycles. The van der Waals surface area contributed by atoms with Crippen LogP contribution in [0, 0.1) is 5.92 Å². The molecule has 0 aromatic carbocycles. The third-order valence-electron chi connectivity index (χ3n) is 2.89. The molecule has 1 atom stereocenters. The quantitative estimate of drug-likeness (QED) is 0.718. The summed E-state index contributed by atoms with van der Waals surface area (Å²) < 4.78 is 27.8. The molecular weight excluding hydrogens is 266 g/mol. The van der Waals surface area contributed by atoms with Crippen molar-refractivity contribution in [3.8, 4) is 0 Å². The van der Waals surface area contributed by atoms with Crippen molar-refractivity contribution in [1.82, 2.24) is 5.32 Å². The Morgan fingerprint density at radius 1 is 1.26 bits per heavy atom. The summed E-state index contributed by atoms with van der Waals surface area (Å²) in [7, 11) is -1.83. The Morgan fingerprint density at radius 3 is 2.16 bits per heavy atom. The average molecular weight is 293 g/mol. The SMILES string of the molecule is COC(=O)C(CC(C)C)NCCS(=O)(=O)C(C)(C)C. The molecule has 0 aromatic rings. The third kappa shape index (κ3) is 6.38. The van der Waals surface area contributed by atoms with Crippen LogP contribution in [0.2, 0.25) is 0 Å². The van der Waals surface area contributed by atoms with Crippen LogP contribution in [0.25, 0.3) is 0 Å². The van der Waals surface area contributed by atoms with Gasteiger partial charge in [0.1, 0.15) is 6.04 Å². The van der Waals surface area contributed by atoms with Gasteiger partial charge in [0.25, 0.3) is 0 Å². The van der Waals surface area contributed by atoms with E-state index in [1.165, 1.54) is 7.11 Å². The molecule has 0 spiro atoms. The minimum Gasteiger partial charge on any atom is -0.468 e. The van der Waals surface area contributed by atoms with Crippen LogP contribution < -0.4 is 5.32 Å². The van der Waals surface area contributed by atoms with Gasteiger partial charge in [0.15, 0.2) is 9.84 Å². The van der Waals surface area contributed by atoms with Gasteiger partial charge < -0.3 is 10.1 Å². The monoisotopic (exact) mass is 293 g/mol. The van der Waals surface area contributed by atoms with Gasteiger partial charge in [-0.1, -0.05) is 13.8 Å². The Bertz CT molecular complexity index is 382. The van der Waals surface area contributed by atoms with Gasteiger partial charge >= 0.3 is 5.97 Å². The molecule has 19 heavy (non-hydrogen) atoms. The zero-order valence-corrected chi connectivity index (χ0v) is 13.6. The number of rotatable bonds is 7. The van der Waals surface area contributed by atoms with Gasteiger partial charge in [-0.2, -0.15) is 0 Å². The van der Waals surface area contributed by atoms with Gasteiger partial charge in [0.05, 0.1) is 17.6 Å². The summed E-state index contributed by atoms with van der Waals surface area (Å²) in [4.78, 5) is 11.6. The molecule has 0 rings (SSSR count). The fraction of sp³-hybridized carbons (Fsp3) is 0.923. The molecule has 0 amide bonds. The van der Waals surface area contributed by atoms with E-state index in [1.807, 2.05) is 13.8 Å². The maximum absolute atomic E-state index is 11.9. The molecule has 0 saturated carbocycles. The van der Waals surface area contributed by atoms with E-state index < -0.39 is 20.6 Å². The highest BCUT2D eigenvalue weighted by molar-refractivity contribution is 7.92. The van der Waals surface area contributed by atoms with E-state index in [1.54, 1.807) is 20.8 Å². The van der Waals surface area contributed by atoms with Crippen molar-refractivity contribution in [2.24, 2.45) is 5.92 Å². The maximum atomic E-state index is 11.9. The highest BCUT2D eigenvalue weighted by Crippen LogP contribution is 2.15. The maximum Gasteiger partial charge on any atom is 0.322 e. The molecular formula is C13H27NO4S. The van der Waals surface area contributed by atoms with Crippen LogP contribution in [0.3, 0.4) is 0 Å². The van der Waals surface area contributed by atoms with Crippen LogP contribution in [0.5, 0.6) is 0 Å². The molecule has 1 N–H and O–H groups in total. The average Bonchev–Trinajstić information content (AvgIpc) is 2.24. The fourth-order valence-corrected chi connectivity index (χ4v) is 2.55. The van der Waals surface area contributed by atoms with E-state index in [-0.39, 0.29) is 18.3 Å². The molecule has 0 aliphatic carbocycles. The summed E-state index contributed by atoms with van der Waals surface area (Å²) in [5.41, 5.74) is 0. The standard InChI is InChI=1S/C13H27NO4S/c1-10(2)9-11(12(15)18-6)14-7-8-19(16,17)13(3,4)5/h10-11,14H,7-9H2,1-6H3. The molecule has 0 aliphatic rings. The lowest BCUT2D eigenvalue weighted by molar-refractivity contribution is -0.143. The van der Waals surface area contributed by atoms with Crippen LogP contribution in [0.1, 0.15) is 41.0 Å². The summed E-state index contributed by atoms with van der Waals surface area (Å²) in [6.07, 6.45) is 0.627.